The van der Waals surface area contributed by atoms with Crippen molar-refractivity contribution in [1.29, 1.82) is 5.41 Å². The molecule has 0 aromatic heterocycles. The standard InChI is InChI=1S/C19H29NO/c1-18-9-7-13(20)11-12(18)3-4-14-15-5-6-17(21)19(15,2)10-8-16(14)18/h11,14-17,20-21H,3-10H2,1-2H3/t14?,15?,16?,17-,18-,19?/m0/s1. The first-order chi connectivity index (χ1) is 9.95. The third-order valence-electron chi connectivity index (χ3n) is 7.95. The van der Waals surface area contributed by atoms with Crippen molar-refractivity contribution in [3.8, 4) is 0 Å². The first-order valence-electron chi connectivity index (χ1n) is 8.92. The van der Waals surface area contributed by atoms with E-state index in [9.17, 15) is 5.11 Å². The van der Waals surface area contributed by atoms with Crippen molar-refractivity contribution >= 4 is 5.71 Å². The second kappa shape index (κ2) is 4.44. The lowest BCUT2D eigenvalue weighted by molar-refractivity contribution is -0.0721. The van der Waals surface area contributed by atoms with E-state index in [2.05, 4.69) is 19.9 Å². The molecule has 4 aliphatic carbocycles. The average Bonchev–Trinajstić information content (AvgIpc) is 2.76. The predicted molar refractivity (Wildman–Crippen MR) is 85.4 cm³/mol. The first-order valence-corrected chi connectivity index (χ1v) is 8.92. The van der Waals surface area contributed by atoms with E-state index >= 15 is 0 Å². The summed E-state index contributed by atoms with van der Waals surface area (Å²) in [6.45, 7) is 4.84. The van der Waals surface area contributed by atoms with E-state index in [-0.39, 0.29) is 11.5 Å². The molecule has 0 bridgehead atoms. The van der Waals surface area contributed by atoms with Crippen LogP contribution in [0.5, 0.6) is 0 Å². The Morgan fingerprint density at radius 1 is 1.05 bits per heavy atom. The quantitative estimate of drug-likeness (QED) is 0.684. The van der Waals surface area contributed by atoms with Gasteiger partial charge in [-0.15, -0.1) is 0 Å². The van der Waals surface area contributed by atoms with Crippen LogP contribution in [-0.4, -0.2) is 16.9 Å². The van der Waals surface area contributed by atoms with Crippen LogP contribution in [0, 0.1) is 34.0 Å². The molecule has 21 heavy (non-hydrogen) atoms. The van der Waals surface area contributed by atoms with Gasteiger partial charge >= 0.3 is 0 Å². The Bertz CT molecular complexity index is 510. The zero-order chi connectivity index (χ0) is 14.8. The van der Waals surface area contributed by atoms with Gasteiger partial charge in [-0.25, -0.2) is 0 Å². The maximum atomic E-state index is 10.5. The van der Waals surface area contributed by atoms with Crippen molar-refractivity contribution in [2.24, 2.45) is 28.6 Å². The van der Waals surface area contributed by atoms with Crippen molar-refractivity contribution in [1.82, 2.24) is 0 Å². The Balaban J connectivity index is 1.69. The highest BCUT2D eigenvalue weighted by Gasteiger charge is 2.58. The molecule has 3 saturated carbocycles. The minimum absolute atomic E-state index is 0.0623. The molecule has 0 aromatic rings. The molecule has 0 aliphatic heterocycles. The lowest BCUT2D eigenvalue weighted by Crippen LogP contribution is -2.51. The fourth-order valence-electron chi connectivity index (χ4n) is 6.56. The van der Waals surface area contributed by atoms with Gasteiger partial charge < -0.3 is 10.5 Å². The van der Waals surface area contributed by atoms with Gasteiger partial charge in [0.1, 0.15) is 0 Å². The zero-order valence-corrected chi connectivity index (χ0v) is 13.5. The van der Waals surface area contributed by atoms with E-state index < -0.39 is 0 Å². The van der Waals surface area contributed by atoms with Crippen LogP contribution in [0.3, 0.4) is 0 Å². The summed E-state index contributed by atoms with van der Waals surface area (Å²) in [7, 11) is 0. The molecule has 0 amide bonds. The smallest absolute Gasteiger partial charge is 0.0596 e. The fraction of sp³-hybridized carbons (Fsp3) is 0.842. The van der Waals surface area contributed by atoms with Gasteiger partial charge in [-0.2, -0.15) is 0 Å². The monoisotopic (exact) mass is 287 g/mol. The second-order valence-electron chi connectivity index (χ2n) is 8.67. The molecule has 4 rings (SSSR count). The molecule has 0 radical (unpaired) electrons. The maximum Gasteiger partial charge on any atom is 0.0596 e. The third kappa shape index (κ3) is 1.78. The van der Waals surface area contributed by atoms with E-state index in [1.165, 1.54) is 38.5 Å². The molecule has 2 nitrogen and oxygen atoms in total. The van der Waals surface area contributed by atoms with Crippen LogP contribution in [0.2, 0.25) is 0 Å². The molecule has 0 spiro atoms. The number of aliphatic hydroxyl groups excluding tert-OH is 1. The van der Waals surface area contributed by atoms with Gasteiger partial charge in [0.2, 0.25) is 0 Å². The number of rotatable bonds is 0. The predicted octanol–water partition coefficient (Wildman–Crippen LogP) is 4.33. The summed E-state index contributed by atoms with van der Waals surface area (Å²) in [6.07, 6.45) is 11.5. The number of hydrogen-bond donors (Lipinski definition) is 2. The molecule has 3 fully saturated rings. The van der Waals surface area contributed by atoms with Crippen molar-refractivity contribution in [2.45, 2.75) is 71.3 Å². The maximum absolute atomic E-state index is 10.5. The van der Waals surface area contributed by atoms with E-state index in [0.717, 1.165) is 36.3 Å². The number of aliphatic hydroxyl groups is 1. The zero-order valence-electron chi connectivity index (χ0n) is 13.5. The minimum atomic E-state index is -0.0623. The van der Waals surface area contributed by atoms with Gasteiger partial charge in [0.05, 0.1) is 6.10 Å². The summed E-state index contributed by atoms with van der Waals surface area (Å²) in [5.74, 6) is 2.36. The lowest BCUT2D eigenvalue weighted by atomic mass is 9.47. The highest BCUT2D eigenvalue weighted by atomic mass is 16.3. The Morgan fingerprint density at radius 3 is 2.67 bits per heavy atom. The molecule has 2 N–H and O–H groups in total. The summed E-state index contributed by atoms with van der Waals surface area (Å²) in [5.41, 5.74) is 2.96. The first kappa shape index (κ1) is 14.0. The Kier molecular flexibility index (Phi) is 2.96. The highest BCUT2D eigenvalue weighted by molar-refractivity contribution is 5.94. The van der Waals surface area contributed by atoms with Gasteiger partial charge in [0.15, 0.2) is 0 Å². The Labute approximate surface area is 128 Å². The Morgan fingerprint density at radius 2 is 1.86 bits per heavy atom. The second-order valence-corrected chi connectivity index (χ2v) is 8.67. The summed E-state index contributed by atoms with van der Waals surface area (Å²) < 4.78 is 0. The number of nitrogens with one attached hydrogen (secondary N) is 1. The van der Waals surface area contributed by atoms with E-state index in [0.29, 0.717) is 5.41 Å². The molecular weight excluding hydrogens is 258 g/mol. The fourth-order valence-corrected chi connectivity index (χ4v) is 6.56. The van der Waals surface area contributed by atoms with Crippen LogP contribution in [0.15, 0.2) is 11.6 Å². The molecule has 4 unspecified atom stereocenters. The van der Waals surface area contributed by atoms with Crippen molar-refractivity contribution in [3.05, 3.63) is 11.6 Å². The van der Waals surface area contributed by atoms with Gasteiger partial charge in [0, 0.05) is 5.71 Å². The third-order valence-corrected chi connectivity index (χ3v) is 7.95. The van der Waals surface area contributed by atoms with Crippen LogP contribution in [0.4, 0.5) is 0 Å². The summed E-state index contributed by atoms with van der Waals surface area (Å²) in [4.78, 5) is 0. The van der Waals surface area contributed by atoms with Crippen LogP contribution < -0.4 is 0 Å². The molecule has 2 heteroatoms. The van der Waals surface area contributed by atoms with Crippen molar-refractivity contribution in [3.63, 3.8) is 0 Å². The summed E-state index contributed by atoms with van der Waals surface area (Å²) in [5, 5.41) is 18.5. The van der Waals surface area contributed by atoms with Crippen molar-refractivity contribution in [2.75, 3.05) is 0 Å². The molecule has 0 saturated heterocycles. The van der Waals surface area contributed by atoms with E-state index in [1.54, 1.807) is 5.57 Å². The van der Waals surface area contributed by atoms with Crippen LogP contribution >= 0.6 is 0 Å². The summed E-state index contributed by atoms with van der Waals surface area (Å²) >= 11 is 0. The SMILES string of the molecule is CC12CCC3C(CCC4=CC(=N)CC[C@@]43C)C1CC[C@@H]2O. The molecule has 0 heterocycles. The lowest BCUT2D eigenvalue weighted by Gasteiger charge is -2.57. The van der Waals surface area contributed by atoms with Crippen molar-refractivity contribution < 1.29 is 5.11 Å². The van der Waals surface area contributed by atoms with Crippen LogP contribution in [0.1, 0.15) is 65.2 Å². The van der Waals surface area contributed by atoms with Gasteiger partial charge in [0.25, 0.3) is 0 Å². The van der Waals surface area contributed by atoms with Gasteiger partial charge in [-0.3, -0.25) is 0 Å². The topological polar surface area (TPSA) is 44.1 Å². The van der Waals surface area contributed by atoms with Crippen LogP contribution in [-0.2, 0) is 0 Å². The molecule has 116 valence electrons. The largest absolute Gasteiger partial charge is 0.393 e. The van der Waals surface area contributed by atoms with E-state index in [1.807, 2.05) is 0 Å². The van der Waals surface area contributed by atoms with E-state index in [4.69, 9.17) is 5.41 Å². The number of fused-ring (bicyclic) bond motifs is 5. The highest BCUT2D eigenvalue weighted by Crippen LogP contribution is 2.65. The molecule has 6 atom stereocenters. The van der Waals surface area contributed by atoms with Crippen LogP contribution in [0.25, 0.3) is 0 Å². The van der Waals surface area contributed by atoms with Gasteiger partial charge in [-0.1, -0.05) is 19.4 Å². The summed E-state index contributed by atoms with van der Waals surface area (Å²) in [6, 6.07) is 0. The number of allylic oxidation sites excluding steroid dienone is 2. The average molecular weight is 287 g/mol. The number of hydrogen-bond acceptors (Lipinski definition) is 2. The Hall–Kier alpha value is -0.630. The normalized spacial score (nSPS) is 52.7. The molecule has 0 aromatic carbocycles. The molecule has 4 aliphatic rings. The minimum Gasteiger partial charge on any atom is -0.393 e. The van der Waals surface area contributed by atoms with Gasteiger partial charge in [-0.05, 0) is 86.0 Å². The molecular formula is C19H29NO.